The lowest BCUT2D eigenvalue weighted by Crippen LogP contribution is -2.23. The topological polar surface area (TPSA) is 82.2 Å². The fourth-order valence-electron chi connectivity index (χ4n) is 1.85. The Kier molecular flexibility index (Phi) is 6.07. The van der Waals surface area contributed by atoms with Crippen molar-refractivity contribution in [2.24, 2.45) is 0 Å². The summed E-state index contributed by atoms with van der Waals surface area (Å²) < 4.78 is 0. The summed E-state index contributed by atoms with van der Waals surface area (Å²) in [5, 5.41) is 12.7. The number of amides is 1. The fraction of sp³-hybridized carbons (Fsp3) is 0.429. The van der Waals surface area contributed by atoms with Gasteiger partial charge >= 0.3 is 0 Å². The number of rotatable bonds is 7. The number of nitrogens with two attached hydrogens (primary N) is 1. The minimum Gasteiger partial charge on any atom is -0.396 e. The van der Waals surface area contributed by atoms with Gasteiger partial charge in [0.05, 0.1) is 5.69 Å². The highest BCUT2D eigenvalue weighted by molar-refractivity contribution is 7.19. The average molecular weight is 292 g/mol. The van der Waals surface area contributed by atoms with Crippen molar-refractivity contribution >= 4 is 27.9 Å². The number of nitrogens with one attached hydrogen (secondary N) is 1. The smallest absolute Gasteiger partial charge is 0.263 e. The predicted molar refractivity (Wildman–Crippen MR) is 84.2 cm³/mol. The molecule has 1 aromatic rings. The first-order valence-electron chi connectivity index (χ1n) is 6.56. The first kappa shape index (κ1) is 16.1. The Bertz CT molecular complexity index is 530. The van der Waals surface area contributed by atoms with Crippen LogP contribution in [0.25, 0.3) is 0 Å². The van der Waals surface area contributed by atoms with E-state index >= 15 is 0 Å². The molecule has 0 fully saturated rings. The van der Waals surface area contributed by atoms with E-state index in [1.807, 2.05) is 6.92 Å². The van der Waals surface area contributed by atoms with Gasteiger partial charge in [-0.05, 0) is 13.3 Å². The van der Waals surface area contributed by atoms with Crippen LogP contribution in [-0.4, -0.2) is 25.5 Å². The molecule has 0 saturated heterocycles. The number of carbonyl (C=O) groups is 1. The van der Waals surface area contributed by atoms with Gasteiger partial charge in [-0.25, -0.2) is 0 Å². The van der Waals surface area contributed by atoms with Crippen molar-refractivity contribution in [3.63, 3.8) is 0 Å². The Balaban J connectivity index is 3.17. The molecule has 0 unspecified atom stereocenters. The molecular weight excluding hydrogens is 272 g/mol. The van der Waals surface area contributed by atoms with Crippen LogP contribution in [0.15, 0.2) is 12.7 Å². The summed E-state index contributed by atoms with van der Waals surface area (Å²) in [6, 6.07) is 2.11. The molecule has 0 aromatic carbocycles. The van der Waals surface area contributed by atoms with Gasteiger partial charge in [0.1, 0.15) is 21.5 Å². The van der Waals surface area contributed by atoms with Crippen molar-refractivity contribution in [2.75, 3.05) is 30.3 Å². The molecule has 108 valence electrons. The van der Waals surface area contributed by atoms with E-state index < -0.39 is 0 Å². The van der Waals surface area contributed by atoms with Gasteiger partial charge in [-0.3, -0.25) is 4.79 Å². The molecule has 0 radical (unpaired) electrons. The normalized spacial score (nSPS) is 9.85. The lowest BCUT2D eigenvalue weighted by atomic mass is 10.2. The number of carbonyl (C=O) groups excluding carboxylic acids is 1. The van der Waals surface area contributed by atoms with Gasteiger partial charge in [0.2, 0.25) is 0 Å². The van der Waals surface area contributed by atoms with Crippen LogP contribution in [0.1, 0.15) is 35.5 Å². The fourth-order valence-corrected chi connectivity index (χ4v) is 3.03. The molecule has 0 aliphatic rings. The molecule has 1 heterocycles. The minimum atomic E-state index is -0.261. The van der Waals surface area contributed by atoms with Crippen molar-refractivity contribution in [3.8, 4) is 6.07 Å². The van der Waals surface area contributed by atoms with Crippen LogP contribution in [0, 0.1) is 11.3 Å². The predicted octanol–water partition coefficient (Wildman–Crippen LogP) is 2.35. The molecule has 6 heteroatoms. The van der Waals surface area contributed by atoms with Gasteiger partial charge in [0, 0.05) is 19.6 Å². The van der Waals surface area contributed by atoms with Crippen molar-refractivity contribution in [2.45, 2.75) is 20.3 Å². The Morgan fingerprint density at radius 1 is 1.60 bits per heavy atom. The largest absolute Gasteiger partial charge is 0.396 e. The molecule has 0 atom stereocenters. The number of hydrogen-bond acceptors (Lipinski definition) is 5. The van der Waals surface area contributed by atoms with Crippen molar-refractivity contribution in [1.82, 2.24) is 5.32 Å². The summed E-state index contributed by atoms with van der Waals surface area (Å²) in [5.74, 6) is -0.261. The first-order valence-corrected chi connectivity index (χ1v) is 7.38. The van der Waals surface area contributed by atoms with Crippen LogP contribution in [-0.2, 0) is 0 Å². The first-order chi connectivity index (χ1) is 9.60. The zero-order chi connectivity index (χ0) is 15.1. The Hall–Kier alpha value is -2.00. The molecule has 0 saturated carbocycles. The third-order valence-electron chi connectivity index (χ3n) is 2.81. The van der Waals surface area contributed by atoms with Crippen LogP contribution < -0.4 is 16.0 Å². The van der Waals surface area contributed by atoms with Gasteiger partial charge < -0.3 is 16.0 Å². The highest BCUT2D eigenvalue weighted by atomic mass is 32.1. The van der Waals surface area contributed by atoms with E-state index in [0.717, 1.165) is 24.5 Å². The van der Waals surface area contributed by atoms with Crippen molar-refractivity contribution < 1.29 is 4.79 Å². The second kappa shape index (κ2) is 7.56. The van der Waals surface area contributed by atoms with Crippen LogP contribution in [0.2, 0.25) is 0 Å². The third-order valence-corrected chi connectivity index (χ3v) is 4.08. The summed E-state index contributed by atoms with van der Waals surface area (Å²) in [5.41, 5.74) is 6.62. The molecule has 1 amide bonds. The number of nitrogen functional groups attached to an aromatic ring is 1. The SMILES string of the molecule is C=CCNC(=O)c1sc(N(CC)CCC)c(C#N)c1N. The molecule has 0 aliphatic carbocycles. The van der Waals surface area contributed by atoms with Crippen molar-refractivity contribution in [3.05, 3.63) is 23.1 Å². The van der Waals surface area contributed by atoms with Crippen LogP contribution in [0.4, 0.5) is 10.7 Å². The van der Waals surface area contributed by atoms with E-state index in [0.29, 0.717) is 17.0 Å². The highest BCUT2D eigenvalue weighted by Gasteiger charge is 2.23. The average Bonchev–Trinajstić information content (AvgIpc) is 2.78. The second-order valence-electron chi connectivity index (χ2n) is 4.22. The number of nitrogens with zero attached hydrogens (tertiary/aromatic N) is 2. The van der Waals surface area contributed by atoms with Crippen LogP contribution in [0.5, 0.6) is 0 Å². The number of hydrogen-bond donors (Lipinski definition) is 2. The van der Waals surface area contributed by atoms with Gasteiger partial charge in [-0.1, -0.05) is 13.0 Å². The molecule has 5 nitrogen and oxygen atoms in total. The lowest BCUT2D eigenvalue weighted by molar-refractivity contribution is 0.0963. The molecule has 0 bridgehead atoms. The number of anilines is 2. The number of nitriles is 1. The van der Waals surface area contributed by atoms with Crippen molar-refractivity contribution in [1.29, 1.82) is 5.26 Å². The van der Waals surface area contributed by atoms with E-state index in [2.05, 4.69) is 29.8 Å². The molecular formula is C14H20N4OS. The van der Waals surface area contributed by atoms with Crippen LogP contribution in [0.3, 0.4) is 0 Å². The maximum atomic E-state index is 12.0. The van der Waals surface area contributed by atoms with E-state index in [1.165, 1.54) is 11.3 Å². The summed E-state index contributed by atoms with van der Waals surface area (Å²) in [4.78, 5) is 14.5. The lowest BCUT2D eigenvalue weighted by Gasteiger charge is -2.20. The summed E-state index contributed by atoms with van der Waals surface area (Å²) >= 11 is 1.27. The standard InChI is InChI=1S/C14H20N4OS/c1-4-7-17-13(19)12-11(16)10(9-15)14(20-12)18(6-3)8-5-2/h4H,1,5-8,16H2,2-3H3,(H,17,19). The Labute approximate surface area is 123 Å². The van der Waals surface area contributed by atoms with Gasteiger partial charge in [-0.2, -0.15) is 5.26 Å². The third kappa shape index (κ3) is 3.31. The van der Waals surface area contributed by atoms with Crippen LogP contribution >= 0.6 is 11.3 Å². The Morgan fingerprint density at radius 2 is 2.30 bits per heavy atom. The summed E-state index contributed by atoms with van der Waals surface area (Å²) in [6.45, 7) is 9.62. The number of thiophene rings is 1. The van der Waals surface area contributed by atoms with E-state index in [1.54, 1.807) is 6.08 Å². The quantitative estimate of drug-likeness (QED) is 0.756. The minimum absolute atomic E-state index is 0.261. The molecule has 0 aliphatic heterocycles. The second-order valence-corrected chi connectivity index (χ2v) is 5.21. The zero-order valence-corrected chi connectivity index (χ0v) is 12.7. The van der Waals surface area contributed by atoms with E-state index in [9.17, 15) is 10.1 Å². The van der Waals surface area contributed by atoms with Gasteiger partial charge in [-0.15, -0.1) is 17.9 Å². The summed E-state index contributed by atoms with van der Waals surface area (Å²) in [7, 11) is 0. The molecule has 20 heavy (non-hydrogen) atoms. The summed E-state index contributed by atoms with van der Waals surface area (Å²) in [6.07, 6.45) is 2.57. The molecule has 0 spiro atoms. The molecule has 3 N–H and O–H groups in total. The van der Waals surface area contributed by atoms with Gasteiger partial charge in [0.15, 0.2) is 0 Å². The monoisotopic (exact) mass is 292 g/mol. The maximum Gasteiger partial charge on any atom is 0.263 e. The molecule has 1 aromatic heterocycles. The maximum absolute atomic E-state index is 12.0. The highest BCUT2D eigenvalue weighted by Crippen LogP contribution is 2.37. The zero-order valence-electron chi connectivity index (χ0n) is 11.9. The molecule has 1 rings (SSSR count). The Morgan fingerprint density at radius 3 is 2.80 bits per heavy atom. The van der Waals surface area contributed by atoms with E-state index in [4.69, 9.17) is 5.73 Å². The van der Waals surface area contributed by atoms with E-state index in [-0.39, 0.29) is 11.6 Å². The van der Waals surface area contributed by atoms with Gasteiger partial charge in [0.25, 0.3) is 5.91 Å².